The standard InChI is InChI=1S/C18H19BrN4OS2/c1-22(11-13-5-7-14(19)8-6-13)17(24)12-26-18-21-20-16(23(18)2)10-15-4-3-9-25-15/h3-9H,10-12H2,1-2H3. The number of aromatic nitrogens is 3. The Morgan fingerprint density at radius 3 is 2.73 bits per heavy atom. The van der Waals surface area contributed by atoms with Gasteiger partial charge in [-0.15, -0.1) is 21.5 Å². The molecule has 8 heteroatoms. The summed E-state index contributed by atoms with van der Waals surface area (Å²) in [6.45, 7) is 0.592. The molecule has 0 unspecified atom stereocenters. The smallest absolute Gasteiger partial charge is 0.233 e. The maximum Gasteiger partial charge on any atom is 0.233 e. The maximum absolute atomic E-state index is 12.4. The Morgan fingerprint density at radius 1 is 1.27 bits per heavy atom. The zero-order chi connectivity index (χ0) is 18.5. The van der Waals surface area contributed by atoms with E-state index in [4.69, 9.17) is 0 Å². The first-order valence-corrected chi connectivity index (χ1v) is 10.7. The van der Waals surface area contributed by atoms with Crippen LogP contribution in [0.2, 0.25) is 0 Å². The van der Waals surface area contributed by atoms with Crippen molar-refractivity contribution < 1.29 is 4.79 Å². The number of carbonyl (C=O) groups excluding carboxylic acids is 1. The third-order valence-electron chi connectivity index (χ3n) is 3.92. The first kappa shape index (κ1) is 19.1. The van der Waals surface area contributed by atoms with Gasteiger partial charge in [0, 0.05) is 36.4 Å². The summed E-state index contributed by atoms with van der Waals surface area (Å²) in [6.07, 6.45) is 0.763. The Labute approximate surface area is 169 Å². The number of thiophene rings is 1. The van der Waals surface area contributed by atoms with E-state index in [1.807, 2.05) is 49.0 Å². The molecule has 2 heterocycles. The van der Waals surface area contributed by atoms with E-state index in [0.717, 1.165) is 27.4 Å². The van der Waals surface area contributed by atoms with E-state index >= 15 is 0 Å². The minimum atomic E-state index is 0.0701. The third-order valence-corrected chi connectivity index (χ3v) is 6.33. The highest BCUT2D eigenvalue weighted by atomic mass is 79.9. The van der Waals surface area contributed by atoms with Crippen molar-refractivity contribution in [3.8, 4) is 0 Å². The van der Waals surface area contributed by atoms with Gasteiger partial charge in [-0.3, -0.25) is 4.79 Å². The highest BCUT2D eigenvalue weighted by Crippen LogP contribution is 2.20. The average Bonchev–Trinajstić information content (AvgIpc) is 3.26. The van der Waals surface area contributed by atoms with E-state index in [1.165, 1.54) is 16.6 Å². The molecule has 0 fully saturated rings. The lowest BCUT2D eigenvalue weighted by molar-refractivity contribution is -0.127. The van der Waals surface area contributed by atoms with Crippen LogP contribution < -0.4 is 0 Å². The van der Waals surface area contributed by atoms with E-state index in [0.29, 0.717) is 12.3 Å². The lowest BCUT2D eigenvalue weighted by Crippen LogP contribution is -2.27. The third kappa shape index (κ3) is 4.96. The van der Waals surface area contributed by atoms with E-state index in [-0.39, 0.29) is 5.91 Å². The van der Waals surface area contributed by atoms with Crippen LogP contribution in [-0.4, -0.2) is 38.4 Å². The predicted molar refractivity (Wildman–Crippen MR) is 109 cm³/mol. The zero-order valence-corrected chi connectivity index (χ0v) is 17.8. The van der Waals surface area contributed by atoms with Gasteiger partial charge in [0.2, 0.25) is 5.91 Å². The van der Waals surface area contributed by atoms with Crippen molar-refractivity contribution in [1.82, 2.24) is 19.7 Å². The number of hydrogen-bond donors (Lipinski definition) is 0. The SMILES string of the molecule is CN(Cc1ccc(Br)cc1)C(=O)CSc1nnc(Cc2cccs2)n1C. The quantitative estimate of drug-likeness (QED) is 0.510. The number of thioether (sulfide) groups is 1. The van der Waals surface area contributed by atoms with Crippen LogP contribution in [0, 0.1) is 0 Å². The number of halogens is 1. The monoisotopic (exact) mass is 450 g/mol. The second-order valence-corrected chi connectivity index (χ2v) is 8.77. The predicted octanol–water partition coefficient (Wildman–Crippen LogP) is 3.98. The van der Waals surface area contributed by atoms with Crippen molar-refractivity contribution >= 4 is 44.9 Å². The van der Waals surface area contributed by atoms with Crippen LogP contribution in [0.5, 0.6) is 0 Å². The van der Waals surface area contributed by atoms with Gasteiger partial charge in [-0.25, -0.2) is 0 Å². The molecule has 26 heavy (non-hydrogen) atoms. The van der Waals surface area contributed by atoms with Gasteiger partial charge in [0.15, 0.2) is 5.16 Å². The first-order valence-electron chi connectivity index (χ1n) is 8.05. The fourth-order valence-corrected chi connectivity index (χ4v) is 4.22. The van der Waals surface area contributed by atoms with Crippen LogP contribution in [0.1, 0.15) is 16.3 Å². The number of nitrogens with zero attached hydrogens (tertiary/aromatic N) is 4. The van der Waals surface area contributed by atoms with E-state index in [9.17, 15) is 4.79 Å². The summed E-state index contributed by atoms with van der Waals surface area (Å²) in [6, 6.07) is 12.1. The number of benzene rings is 1. The largest absolute Gasteiger partial charge is 0.341 e. The van der Waals surface area contributed by atoms with Crippen LogP contribution in [0.3, 0.4) is 0 Å². The van der Waals surface area contributed by atoms with Gasteiger partial charge >= 0.3 is 0 Å². The lowest BCUT2D eigenvalue weighted by Gasteiger charge is -2.17. The molecule has 5 nitrogen and oxygen atoms in total. The topological polar surface area (TPSA) is 51.0 Å². The second-order valence-electron chi connectivity index (χ2n) is 5.88. The average molecular weight is 451 g/mol. The van der Waals surface area contributed by atoms with Crippen LogP contribution in [-0.2, 0) is 24.8 Å². The molecule has 0 spiro atoms. The number of rotatable bonds is 7. The van der Waals surface area contributed by atoms with E-state index in [1.54, 1.807) is 16.2 Å². The van der Waals surface area contributed by atoms with E-state index in [2.05, 4.69) is 37.6 Å². The fourth-order valence-electron chi connectivity index (χ4n) is 2.38. The van der Waals surface area contributed by atoms with Crippen molar-refractivity contribution in [2.75, 3.05) is 12.8 Å². The molecule has 0 saturated carbocycles. The second kappa shape index (κ2) is 8.83. The zero-order valence-electron chi connectivity index (χ0n) is 14.6. The first-order chi connectivity index (χ1) is 12.5. The van der Waals surface area contributed by atoms with E-state index < -0.39 is 0 Å². The summed E-state index contributed by atoms with van der Waals surface area (Å²) in [4.78, 5) is 15.4. The van der Waals surface area contributed by atoms with Crippen LogP contribution in [0.4, 0.5) is 0 Å². The Hall–Kier alpha value is -1.64. The molecule has 0 bridgehead atoms. The van der Waals surface area contributed by atoms with Gasteiger partial charge in [0.05, 0.1) is 5.75 Å². The van der Waals surface area contributed by atoms with Gasteiger partial charge < -0.3 is 9.47 Å². The molecule has 0 saturated heterocycles. The van der Waals surface area contributed by atoms with Gasteiger partial charge in [-0.05, 0) is 29.1 Å². The maximum atomic E-state index is 12.4. The molecule has 0 radical (unpaired) electrons. The van der Waals surface area contributed by atoms with Crippen molar-refractivity contribution in [2.45, 2.75) is 18.1 Å². The van der Waals surface area contributed by atoms with Crippen molar-refractivity contribution in [3.63, 3.8) is 0 Å². The van der Waals surface area contributed by atoms with Gasteiger partial charge in [0.25, 0.3) is 0 Å². The normalized spacial score (nSPS) is 10.9. The molecule has 3 rings (SSSR count). The molecule has 0 aliphatic rings. The Morgan fingerprint density at radius 2 is 2.04 bits per heavy atom. The molecule has 1 aromatic carbocycles. The summed E-state index contributed by atoms with van der Waals surface area (Å²) in [7, 11) is 3.77. The van der Waals surface area contributed by atoms with Crippen LogP contribution >= 0.6 is 39.0 Å². The minimum absolute atomic E-state index is 0.0701. The molecule has 3 aromatic rings. The number of hydrogen-bond acceptors (Lipinski definition) is 5. The molecular weight excluding hydrogens is 432 g/mol. The summed E-state index contributed by atoms with van der Waals surface area (Å²) < 4.78 is 3.00. The molecular formula is C18H19BrN4OS2. The molecule has 0 aliphatic carbocycles. The van der Waals surface area contributed by atoms with Crippen LogP contribution in [0.25, 0.3) is 0 Å². The van der Waals surface area contributed by atoms with Crippen LogP contribution in [0.15, 0.2) is 51.4 Å². The number of amides is 1. The van der Waals surface area contributed by atoms with Gasteiger partial charge in [0.1, 0.15) is 5.82 Å². The highest BCUT2D eigenvalue weighted by Gasteiger charge is 2.14. The van der Waals surface area contributed by atoms with Gasteiger partial charge in [-0.2, -0.15) is 0 Å². The molecule has 0 aliphatic heterocycles. The van der Waals surface area contributed by atoms with Gasteiger partial charge in [-0.1, -0.05) is 45.9 Å². The molecule has 2 aromatic heterocycles. The van der Waals surface area contributed by atoms with Crippen molar-refractivity contribution in [2.24, 2.45) is 7.05 Å². The summed E-state index contributed by atoms with van der Waals surface area (Å²) in [5.74, 6) is 1.32. The summed E-state index contributed by atoms with van der Waals surface area (Å²) >= 11 is 6.55. The Balaban J connectivity index is 1.54. The Kier molecular flexibility index (Phi) is 6.50. The Bertz CT molecular complexity index is 862. The number of carbonyl (C=O) groups is 1. The fraction of sp³-hybridized carbons (Fsp3) is 0.278. The van der Waals surface area contributed by atoms with Crippen molar-refractivity contribution in [1.29, 1.82) is 0 Å². The highest BCUT2D eigenvalue weighted by molar-refractivity contribution is 9.10. The lowest BCUT2D eigenvalue weighted by atomic mass is 10.2. The molecule has 136 valence electrons. The van der Waals surface area contributed by atoms with Crippen molar-refractivity contribution in [3.05, 3.63) is 62.5 Å². The molecule has 0 atom stereocenters. The molecule has 1 amide bonds. The molecule has 0 N–H and O–H groups in total. The summed E-state index contributed by atoms with van der Waals surface area (Å²) in [5, 5.41) is 11.3. The minimum Gasteiger partial charge on any atom is -0.341 e. The summed E-state index contributed by atoms with van der Waals surface area (Å²) in [5.41, 5.74) is 1.10.